The summed E-state index contributed by atoms with van der Waals surface area (Å²) in [6.45, 7) is 13.6. The first-order valence-corrected chi connectivity index (χ1v) is 11.1. The van der Waals surface area contributed by atoms with E-state index >= 15 is 0 Å². The van der Waals surface area contributed by atoms with Gasteiger partial charge in [0.05, 0.1) is 0 Å². The van der Waals surface area contributed by atoms with Gasteiger partial charge in [0.15, 0.2) is 5.96 Å². The molecule has 0 amide bonds. The highest BCUT2D eigenvalue weighted by Crippen LogP contribution is 2.10. The van der Waals surface area contributed by atoms with Crippen LogP contribution in [0.25, 0.3) is 0 Å². The normalized spacial score (nSPS) is 15.5. The van der Waals surface area contributed by atoms with E-state index in [-0.39, 0.29) is 24.0 Å². The molecule has 0 radical (unpaired) electrons. The highest BCUT2D eigenvalue weighted by Gasteiger charge is 2.15. The molecule has 0 unspecified atom stereocenters. The van der Waals surface area contributed by atoms with Crippen LogP contribution >= 0.6 is 24.0 Å². The van der Waals surface area contributed by atoms with Gasteiger partial charge in [-0.2, -0.15) is 0 Å². The van der Waals surface area contributed by atoms with Gasteiger partial charge in [0.25, 0.3) is 0 Å². The third kappa shape index (κ3) is 8.04. The van der Waals surface area contributed by atoms with E-state index in [4.69, 9.17) is 0 Å². The molecule has 1 fully saturated rings. The lowest BCUT2D eigenvalue weighted by Gasteiger charge is -2.34. The van der Waals surface area contributed by atoms with Crippen LogP contribution in [0.4, 0.5) is 0 Å². The molecule has 1 aliphatic rings. The summed E-state index contributed by atoms with van der Waals surface area (Å²) >= 11 is 0. The maximum atomic E-state index is 4.32. The first kappa shape index (κ1) is 25.5. The molecule has 172 valence electrons. The van der Waals surface area contributed by atoms with Crippen LogP contribution in [0.5, 0.6) is 0 Å². The number of aromatic nitrogens is 3. The van der Waals surface area contributed by atoms with Crippen molar-refractivity contribution in [1.29, 1.82) is 0 Å². The van der Waals surface area contributed by atoms with Crippen molar-refractivity contribution < 1.29 is 0 Å². The minimum absolute atomic E-state index is 0. The third-order valence-corrected chi connectivity index (χ3v) is 5.68. The lowest BCUT2D eigenvalue weighted by Crippen LogP contribution is -2.45. The number of aliphatic imine (C=N–C) groups is 1. The van der Waals surface area contributed by atoms with E-state index < -0.39 is 0 Å². The van der Waals surface area contributed by atoms with Gasteiger partial charge in [0.2, 0.25) is 0 Å². The van der Waals surface area contributed by atoms with Crippen LogP contribution < -0.4 is 10.6 Å². The van der Waals surface area contributed by atoms with E-state index in [1.165, 1.54) is 24.2 Å². The summed E-state index contributed by atoms with van der Waals surface area (Å²) in [5, 5.41) is 14.8. The predicted octanol–water partition coefficient (Wildman–Crippen LogP) is 1.96. The average Bonchev–Trinajstić information content (AvgIpc) is 3.25. The van der Waals surface area contributed by atoms with Gasteiger partial charge in [0.1, 0.15) is 12.2 Å². The number of aryl methyl sites for hydroxylation is 1. The second-order valence-corrected chi connectivity index (χ2v) is 7.67. The minimum atomic E-state index is 0. The molecular weight excluding hydrogens is 503 g/mol. The summed E-state index contributed by atoms with van der Waals surface area (Å²) < 4.78 is 2.07. The Morgan fingerprint density at radius 3 is 2.32 bits per heavy atom. The van der Waals surface area contributed by atoms with Crippen LogP contribution in [0, 0.1) is 0 Å². The number of benzene rings is 1. The largest absolute Gasteiger partial charge is 0.355 e. The SMILES string of the molecule is CCc1nncn1CCNC(=NC)NCc1ccc(CN2CCN(CC)CC2)cc1.I. The number of halogens is 1. The fraction of sp³-hybridized carbons (Fsp3) is 0.591. The Morgan fingerprint density at radius 1 is 1.00 bits per heavy atom. The van der Waals surface area contributed by atoms with Gasteiger partial charge >= 0.3 is 0 Å². The van der Waals surface area contributed by atoms with Crippen molar-refractivity contribution in [3.05, 3.63) is 47.5 Å². The number of hydrogen-bond acceptors (Lipinski definition) is 5. The molecule has 1 saturated heterocycles. The van der Waals surface area contributed by atoms with E-state index in [2.05, 4.69) is 78.3 Å². The van der Waals surface area contributed by atoms with Gasteiger partial charge in [-0.05, 0) is 17.7 Å². The zero-order valence-corrected chi connectivity index (χ0v) is 21.4. The standard InChI is InChI=1S/C22H36N8.HI/c1-4-21-27-26-18-30(21)11-10-24-22(23-3)25-16-19-6-8-20(9-7-19)17-29-14-12-28(5-2)13-15-29;/h6-9,18H,4-5,10-17H2,1-3H3,(H2,23,24,25);1H. The summed E-state index contributed by atoms with van der Waals surface area (Å²) in [6.07, 6.45) is 2.67. The smallest absolute Gasteiger partial charge is 0.191 e. The molecule has 2 N–H and O–H groups in total. The molecule has 1 aromatic carbocycles. The molecule has 31 heavy (non-hydrogen) atoms. The molecule has 0 atom stereocenters. The third-order valence-electron chi connectivity index (χ3n) is 5.68. The molecule has 0 aliphatic carbocycles. The van der Waals surface area contributed by atoms with Crippen LogP contribution in [-0.4, -0.2) is 76.8 Å². The van der Waals surface area contributed by atoms with Gasteiger partial charge in [-0.3, -0.25) is 9.89 Å². The monoisotopic (exact) mass is 540 g/mol. The van der Waals surface area contributed by atoms with Crippen molar-refractivity contribution in [2.24, 2.45) is 4.99 Å². The molecule has 9 heteroatoms. The summed E-state index contributed by atoms with van der Waals surface area (Å²) in [5.41, 5.74) is 2.64. The fourth-order valence-electron chi connectivity index (χ4n) is 3.72. The quantitative estimate of drug-likeness (QED) is 0.288. The number of hydrogen-bond donors (Lipinski definition) is 2. The average molecular weight is 540 g/mol. The number of piperazine rings is 1. The van der Waals surface area contributed by atoms with Crippen LogP contribution in [0.15, 0.2) is 35.6 Å². The van der Waals surface area contributed by atoms with Crippen molar-refractivity contribution in [1.82, 2.24) is 35.2 Å². The predicted molar refractivity (Wildman–Crippen MR) is 137 cm³/mol. The van der Waals surface area contributed by atoms with E-state index in [9.17, 15) is 0 Å². The molecule has 1 aliphatic heterocycles. The molecule has 8 nitrogen and oxygen atoms in total. The van der Waals surface area contributed by atoms with Gasteiger partial charge in [0, 0.05) is 65.8 Å². The van der Waals surface area contributed by atoms with Crippen LogP contribution in [0.1, 0.15) is 30.8 Å². The number of rotatable bonds is 9. The number of nitrogens with zero attached hydrogens (tertiary/aromatic N) is 6. The molecule has 0 bridgehead atoms. The van der Waals surface area contributed by atoms with E-state index in [0.717, 1.165) is 64.0 Å². The second-order valence-electron chi connectivity index (χ2n) is 7.67. The zero-order chi connectivity index (χ0) is 21.2. The molecule has 2 aromatic rings. The van der Waals surface area contributed by atoms with Crippen LogP contribution in [0.3, 0.4) is 0 Å². The van der Waals surface area contributed by atoms with Crippen molar-refractivity contribution in [2.75, 3.05) is 46.3 Å². The number of nitrogens with one attached hydrogen (secondary N) is 2. The maximum absolute atomic E-state index is 4.32. The maximum Gasteiger partial charge on any atom is 0.191 e. The van der Waals surface area contributed by atoms with Crippen molar-refractivity contribution in [3.63, 3.8) is 0 Å². The Hall–Kier alpha value is -1.72. The molecule has 2 heterocycles. The molecule has 3 rings (SSSR count). The number of likely N-dealkylation sites (N-methyl/N-ethyl adjacent to an activating group) is 1. The highest BCUT2D eigenvalue weighted by molar-refractivity contribution is 14.0. The van der Waals surface area contributed by atoms with E-state index in [0.29, 0.717) is 0 Å². The summed E-state index contributed by atoms with van der Waals surface area (Å²) in [6, 6.07) is 8.92. The Morgan fingerprint density at radius 2 is 1.68 bits per heavy atom. The summed E-state index contributed by atoms with van der Waals surface area (Å²) in [4.78, 5) is 9.38. The summed E-state index contributed by atoms with van der Waals surface area (Å²) in [7, 11) is 1.80. The second kappa shape index (κ2) is 13.6. The van der Waals surface area contributed by atoms with E-state index in [1.54, 1.807) is 13.4 Å². The Bertz CT molecular complexity index is 781. The zero-order valence-electron chi connectivity index (χ0n) is 19.0. The van der Waals surface area contributed by atoms with Crippen molar-refractivity contribution in [2.45, 2.75) is 39.9 Å². The minimum Gasteiger partial charge on any atom is -0.355 e. The van der Waals surface area contributed by atoms with Gasteiger partial charge in [-0.15, -0.1) is 34.2 Å². The Kier molecular flexibility index (Phi) is 11.2. The number of guanidine groups is 1. The first-order chi connectivity index (χ1) is 14.7. The Labute approximate surface area is 203 Å². The molecule has 0 saturated carbocycles. The molecule has 0 spiro atoms. The molecular formula is C22H37IN8. The highest BCUT2D eigenvalue weighted by atomic mass is 127. The van der Waals surface area contributed by atoms with Crippen LogP contribution in [-0.2, 0) is 26.1 Å². The van der Waals surface area contributed by atoms with E-state index in [1.807, 2.05) is 0 Å². The lowest BCUT2D eigenvalue weighted by atomic mass is 10.1. The lowest BCUT2D eigenvalue weighted by molar-refractivity contribution is 0.132. The van der Waals surface area contributed by atoms with Gasteiger partial charge in [-0.25, -0.2) is 0 Å². The van der Waals surface area contributed by atoms with Crippen LogP contribution in [0.2, 0.25) is 0 Å². The van der Waals surface area contributed by atoms with Gasteiger partial charge in [-0.1, -0.05) is 38.1 Å². The van der Waals surface area contributed by atoms with Crippen molar-refractivity contribution in [3.8, 4) is 0 Å². The molecule has 1 aromatic heterocycles. The summed E-state index contributed by atoms with van der Waals surface area (Å²) in [5.74, 6) is 1.81. The Balaban J connectivity index is 0.00000341. The fourth-order valence-corrected chi connectivity index (χ4v) is 3.72. The van der Waals surface area contributed by atoms with Crippen molar-refractivity contribution >= 4 is 29.9 Å². The topological polar surface area (TPSA) is 73.6 Å². The first-order valence-electron chi connectivity index (χ1n) is 11.1. The van der Waals surface area contributed by atoms with Gasteiger partial charge < -0.3 is 20.1 Å².